The van der Waals surface area contributed by atoms with Crippen LogP contribution in [0.1, 0.15) is 16.7 Å². The molecule has 1 heterocycles. The van der Waals surface area contributed by atoms with Crippen molar-refractivity contribution in [3.8, 4) is 5.75 Å². The summed E-state index contributed by atoms with van der Waals surface area (Å²) < 4.78 is 15.7. The number of ether oxygens (including phenoxy) is 3. The SMILES string of the molecule is O=C(/C=C/c1ccc(Cl)cc1Cl)OCc1cc([N+](=O)[O-])cc2c1OCOC2. The number of carbonyl (C=O) groups excluding carboxylic acids is 1. The van der Waals surface area contributed by atoms with Gasteiger partial charge in [0.15, 0.2) is 6.79 Å². The first-order valence-corrected chi connectivity index (χ1v) is 8.50. The van der Waals surface area contributed by atoms with Crippen LogP contribution < -0.4 is 4.74 Å². The number of hydrogen-bond donors (Lipinski definition) is 0. The molecule has 1 aliphatic heterocycles. The first kappa shape index (κ1) is 19.2. The lowest BCUT2D eigenvalue weighted by Crippen LogP contribution is -2.14. The summed E-state index contributed by atoms with van der Waals surface area (Å²) in [7, 11) is 0. The molecule has 3 rings (SSSR count). The molecule has 0 unspecified atom stereocenters. The van der Waals surface area contributed by atoms with E-state index in [1.807, 2.05) is 0 Å². The Morgan fingerprint density at radius 3 is 2.85 bits per heavy atom. The molecule has 0 amide bonds. The van der Waals surface area contributed by atoms with Crippen molar-refractivity contribution in [1.29, 1.82) is 0 Å². The maximum Gasteiger partial charge on any atom is 0.331 e. The Morgan fingerprint density at radius 2 is 2.11 bits per heavy atom. The van der Waals surface area contributed by atoms with Gasteiger partial charge in [-0.1, -0.05) is 29.3 Å². The van der Waals surface area contributed by atoms with E-state index in [1.54, 1.807) is 18.2 Å². The van der Waals surface area contributed by atoms with E-state index in [4.69, 9.17) is 37.4 Å². The lowest BCUT2D eigenvalue weighted by atomic mass is 10.1. The number of nitro benzene ring substituents is 1. The van der Waals surface area contributed by atoms with E-state index in [2.05, 4.69) is 0 Å². The molecule has 0 aliphatic carbocycles. The van der Waals surface area contributed by atoms with E-state index in [0.717, 1.165) is 0 Å². The number of fused-ring (bicyclic) bond motifs is 1. The molecule has 140 valence electrons. The Bertz CT molecular complexity index is 928. The van der Waals surface area contributed by atoms with Gasteiger partial charge in [-0.05, 0) is 23.8 Å². The highest BCUT2D eigenvalue weighted by Gasteiger charge is 2.21. The van der Waals surface area contributed by atoms with E-state index in [-0.39, 0.29) is 25.7 Å². The standard InChI is InChI=1S/C18H13Cl2NO6/c19-14-3-1-11(16(20)7-14)2-4-17(22)26-9-13-6-15(21(23)24)5-12-8-25-10-27-18(12)13/h1-7H,8-10H2/b4-2+. The summed E-state index contributed by atoms with van der Waals surface area (Å²) in [5, 5.41) is 12.0. The van der Waals surface area contributed by atoms with Crippen LogP contribution in [-0.4, -0.2) is 17.7 Å². The number of non-ortho nitro benzene ring substituents is 1. The van der Waals surface area contributed by atoms with Crippen molar-refractivity contribution >= 4 is 40.9 Å². The molecular formula is C18H13Cl2NO6. The highest BCUT2D eigenvalue weighted by molar-refractivity contribution is 6.35. The molecule has 0 bridgehead atoms. The molecule has 0 radical (unpaired) electrons. The van der Waals surface area contributed by atoms with Crippen LogP contribution in [0.5, 0.6) is 5.75 Å². The van der Waals surface area contributed by atoms with Crippen LogP contribution in [0.15, 0.2) is 36.4 Å². The summed E-state index contributed by atoms with van der Waals surface area (Å²) in [5.41, 5.74) is 1.40. The third-order valence-electron chi connectivity index (χ3n) is 3.71. The third-order valence-corrected chi connectivity index (χ3v) is 4.28. The summed E-state index contributed by atoms with van der Waals surface area (Å²) in [5.74, 6) is -0.197. The van der Waals surface area contributed by atoms with E-state index in [0.29, 0.717) is 32.5 Å². The minimum atomic E-state index is -0.631. The lowest BCUT2D eigenvalue weighted by Gasteiger charge is -2.20. The van der Waals surface area contributed by atoms with Crippen LogP contribution >= 0.6 is 23.2 Å². The number of rotatable bonds is 5. The fraction of sp³-hybridized carbons (Fsp3) is 0.167. The minimum absolute atomic E-state index is 0.0285. The Balaban J connectivity index is 1.72. The normalized spacial score (nSPS) is 13.1. The summed E-state index contributed by atoms with van der Waals surface area (Å²) >= 11 is 11.9. The van der Waals surface area contributed by atoms with Crippen LogP contribution in [0.25, 0.3) is 6.08 Å². The van der Waals surface area contributed by atoms with Gasteiger partial charge in [-0.15, -0.1) is 0 Å². The number of hydrogen-bond acceptors (Lipinski definition) is 6. The Morgan fingerprint density at radius 1 is 1.30 bits per heavy atom. The summed E-state index contributed by atoms with van der Waals surface area (Å²) in [4.78, 5) is 22.5. The van der Waals surface area contributed by atoms with Gasteiger partial charge < -0.3 is 14.2 Å². The second-order valence-electron chi connectivity index (χ2n) is 5.57. The Hall–Kier alpha value is -2.61. The highest BCUT2D eigenvalue weighted by Crippen LogP contribution is 2.33. The van der Waals surface area contributed by atoms with Crippen LogP contribution in [0.3, 0.4) is 0 Å². The molecule has 0 saturated carbocycles. The van der Waals surface area contributed by atoms with Crippen LogP contribution in [0.2, 0.25) is 10.0 Å². The Labute approximate surface area is 164 Å². The maximum absolute atomic E-state index is 12.0. The zero-order valence-electron chi connectivity index (χ0n) is 13.8. The van der Waals surface area contributed by atoms with Gasteiger partial charge in [0.25, 0.3) is 5.69 Å². The van der Waals surface area contributed by atoms with Gasteiger partial charge in [0.2, 0.25) is 0 Å². The molecule has 7 nitrogen and oxygen atoms in total. The molecule has 0 atom stereocenters. The van der Waals surface area contributed by atoms with Gasteiger partial charge in [0, 0.05) is 39.4 Å². The monoisotopic (exact) mass is 409 g/mol. The average molecular weight is 410 g/mol. The topological polar surface area (TPSA) is 87.9 Å². The van der Waals surface area contributed by atoms with Gasteiger partial charge in [-0.3, -0.25) is 10.1 Å². The molecule has 1 aliphatic rings. The summed E-state index contributed by atoms with van der Waals surface area (Å²) in [6, 6.07) is 7.56. The van der Waals surface area contributed by atoms with Crippen molar-refractivity contribution in [2.75, 3.05) is 6.79 Å². The van der Waals surface area contributed by atoms with Crippen molar-refractivity contribution in [2.45, 2.75) is 13.2 Å². The first-order chi connectivity index (χ1) is 12.9. The van der Waals surface area contributed by atoms with Crippen LogP contribution in [-0.2, 0) is 27.5 Å². The van der Waals surface area contributed by atoms with Gasteiger partial charge in [0.1, 0.15) is 12.4 Å². The molecule has 0 spiro atoms. The quantitative estimate of drug-likeness (QED) is 0.312. The third kappa shape index (κ3) is 4.77. The first-order valence-electron chi connectivity index (χ1n) is 7.74. The fourth-order valence-electron chi connectivity index (χ4n) is 2.48. The highest BCUT2D eigenvalue weighted by atomic mass is 35.5. The summed E-state index contributed by atoms with van der Waals surface area (Å²) in [6.07, 6.45) is 2.71. The van der Waals surface area contributed by atoms with Crippen LogP contribution in [0.4, 0.5) is 5.69 Å². The van der Waals surface area contributed by atoms with Gasteiger partial charge >= 0.3 is 5.97 Å². The zero-order valence-corrected chi connectivity index (χ0v) is 15.3. The maximum atomic E-state index is 12.0. The number of carbonyl (C=O) groups is 1. The average Bonchev–Trinajstić information content (AvgIpc) is 2.65. The summed E-state index contributed by atoms with van der Waals surface area (Å²) in [6.45, 7) is 0.0369. The largest absolute Gasteiger partial charge is 0.467 e. The van der Waals surface area contributed by atoms with Crippen molar-refractivity contribution in [1.82, 2.24) is 0 Å². The van der Waals surface area contributed by atoms with Crippen LogP contribution in [0, 0.1) is 10.1 Å². The molecule has 0 saturated heterocycles. The number of esters is 1. The molecule has 2 aromatic rings. The van der Waals surface area contributed by atoms with Crippen molar-refractivity contribution < 1.29 is 23.9 Å². The molecule has 2 aromatic carbocycles. The van der Waals surface area contributed by atoms with Crippen molar-refractivity contribution in [2.24, 2.45) is 0 Å². The lowest BCUT2D eigenvalue weighted by molar-refractivity contribution is -0.385. The smallest absolute Gasteiger partial charge is 0.331 e. The molecule has 0 N–H and O–H groups in total. The number of nitrogens with zero attached hydrogens (tertiary/aromatic N) is 1. The predicted molar refractivity (Wildman–Crippen MR) is 98.7 cm³/mol. The fourth-order valence-corrected chi connectivity index (χ4v) is 2.96. The number of halogens is 2. The molecular weight excluding hydrogens is 397 g/mol. The van der Waals surface area contributed by atoms with E-state index in [9.17, 15) is 14.9 Å². The molecule has 0 aromatic heterocycles. The minimum Gasteiger partial charge on any atom is -0.467 e. The van der Waals surface area contributed by atoms with E-state index < -0.39 is 10.9 Å². The second-order valence-corrected chi connectivity index (χ2v) is 6.41. The number of nitro groups is 1. The van der Waals surface area contributed by atoms with E-state index >= 15 is 0 Å². The van der Waals surface area contributed by atoms with Gasteiger partial charge in [-0.2, -0.15) is 0 Å². The van der Waals surface area contributed by atoms with Crippen molar-refractivity contribution in [3.05, 3.63) is 73.3 Å². The molecule has 0 fully saturated rings. The van der Waals surface area contributed by atoms with Gasteiger partial charge in [-0.25, -0.2) is 4.79 Å². The molecule has 27 heavy (non-hydrogen) atoms. The van der Waals surface area contributed by atoms with E-state index in [1.165, 1.54) is 24.3 Å². The second kappa shape index (κ2) is 8.39. The number of benzene rings is 2. The molecule has 9 heteroatoms. The zero-order chi connectivity index (χ0) is 19.4. The van der Waals surface area contributed by atoms with Crippen molar-refractivity contribution in [3.63, 3.8) is 0 Å². The predicted octanol–water partition coefficient (Wildman–Crippen LogP) is 4.52. The van der Waals surface area contributed by atoms with Gasteiger partial charge in [0.05, 0.1) is 11.5 Å². The Kier molecular flexibility index (Phi) is 5.95.